The lowest BCUT2D eigenvalue weighted by Gasteiger charge is -2.09. The molecule has 2 aromatic rings. The molecule has 0 spiro atoms. The van der Waals surface area contributed by atoms with Gasteiger partial charge in [0.05, 0.1) is 11.4 Å². The standard InChI is InChI=1S/C14H16N6O2/c15-13(16)19-7-1-3-11(21)9(5-7)10-6-8(20-14(17)18)2-4-12(10)22/h1-6,21-22H,(H4,15,16,19)(H4,17,18,20). The van der Waals surface area contributed by atoms with E-state index < -0.39 is 0 Å². The van der Waals surface area contributed by atoms with E-state index in [1.165, 1.54) is 36.4 Å². The van der Waals surface area contributed by atoms with Crippen LogP contribution < -0.4 is 22.9 Å². The minimum atomic E-state index is -0.116. The Bertz CT molecular complexity index is 696. The van der Waals surface area contributed by atoms with Gasteiger partial charge in [-0.1, -0.05) is 0 Å². The summed E-state index contributed by atoms with van der Waals surface area (Å²) in [7, 11) is 0. The van der Waals surface area contributed by atoms with E-state index in [2.05, 4.69) is 9.98 Å². The molecule has 0 atom stereocenters. The topological polar surface area (TPSA) is 169 Å². The number of phenolic OH excluding ortho intramolecular Hbond substituents is 2. The van der Waals surface area contributed by atoms with Gasteiger partial charge in [0.15, 0.2) is 11.9 Å². The minimum absolute atomic E-state index is 0.0494. The number of phenols is 2. The second-order valence-electron chi connectivity index (χ2n) is 4.48. The first-order valence-electron chi connectivity index (χ1n) is 6.22. The summed E-state index contributed by atoms with van der Waals surface area (Å²) in [6.45, 7) is 0. The first kappa shape index (κ1) is 15.0. The molecule has 0 aliphatic rings. The van der Waals surface area contributed by atoms with Crippen molar-refractivity contribution in [3.8, 4) is 22.6 Å². The predicted octanol–water partition coefficient (Wildman–Crippen LogP) is 0.575. The van der Waals surface area contributed by atoms with E-state index in [0.717, 1.165) is 0 Å². The van der Waals surface area contributed by atoms with Gasteiger partial charge in [0.2, 0.25) is 0 Å². The maximum absolute atomic E-state index is 10.0. The number of guanidine groups is 2. The van der Waals surface area contributed by atoms with Gasteiger partial charge in [-0.2, -0.15) is 0 Å². The predicted molar refractivity (Wildman–Crippen MR) is 86.1 cm³/mol. The SMILES string of the molecule is NC(N)=Nc1ccc(O)c(-c2cc(N=C(N)N)ccc2O)c1. The van der Waals surface area contributed by atoms with Gasteiger partial charge in [0, 0.05) is 11.1 Å². The van der Waals surface area contributed by atoms with E-state index in [9.17, 15) is 10.2 Å². The fourth-order valence-corrected chi connectivity index (χ4v) is 1.92. The zero-order chi connectivity index (χ0) is 16.3. The summed E-state index contributed by atoms with van der Waals surface area (Å²) in [5, 5.41) is 20.0. The zero-order valence-electron chi connectivity index (χ0n) is 11.6. The second kappa shape index (κ2) is 5.92. The highest BCUT2D eigenvalue weighted by Crippen LogP contribution is 2.39. The highest BCUT2D eigenvalue weighted by Gasteiger charge is 2.11. The average molecular weight is 300 g/mol. The van der Waals surface area contributed by atoms with Crippen LogP contribution in [0.1, 0.15) is 0 Å². The average Bonchev–Trinajstić information content (AvgIpc) is 2.42. The van der Waals surface area contributed by atoms with E-state index in [-0.39, 0.29) is 23.4 Å². The summed E-state index contributed by atoms with van der Waals surface area (Å²) in [6, 6.07) is 8.98. The summed E-state index contributed by atoms with van der Waals surface area (Å²) in [4.78, 5) is 7.80. The summed E-state index contributed by atoms with van der Waals surface area (Å²) in [5.74, 6) is -0.330. The molecule has 10 N–H and O–H groups in total. The van der Waals surface area contributed by atoms with Crippen LogP contribution in [0.5, 0.6) is 11.5 Å². The molecule has 2 aromatic carbocycles. The van der Waals surface area contributed by atoms with E-state index in [1.54, 1.807) is 0 Å². The Hall–Kier alpha value is -3.42. The molecule has 0 fully saturated rings. The van der Waals surface area contributed by atoms with Crippen molar-refractivity contribution in [3.05, 3.63) is 36.4 Å². The van der Waals surface area contributed by atoms with Gasteiger partial charge < -0.3 is 33.1 Å². The Balaban J connectivity index is 2.60. The van der Waals surface area contributed by atoms with E-state index >= 15 is 0 Å². The van der Waals surface area contributed by atoms with Crippen LogP contribution in [0, 0.1) is 0 Å². The summed E-state index contributed by atoms with van der Waals surface area (Å²) in [5.41, 5.74) is 22.9. The zero-order valence-corrected chi connectivity index (χ0v) is 11.6. The van der Waals surface area contributed by atoms with Crippen LogP contribution in [0.4, 0.5) is 11.4 Å². The van der Waals surface area contributed by atoms with Gasteiger partial charge in [-0.05, 0) is 36.4 Å². The third-order valence-electron chi connectivity index (χ3n) is 2.77. The molecule has 0 heterocycles. The fraction of sp³-hybridized carbons (Fsp3) is 0. The molecule has 2 rings (SSSR count). The van der Waals surface area contributed by atoms with Crippen molar-refractivity contribution >= 4 is 23.3 Å². The summed E-state index contributed by atoms with van der Waals surface area (Å²) >= 11 is 0. The third kappa shape index (κ3) is 3.37. The molecule has 0 amide bonds. The first-order chi connectivity index (χ1) is 10.4. The number of benzene rings is 2. The Morgan fingerprint density at radius 1 is 0.682 bits per heavy atom. The molecule has 0 radical (unpaired) electrons. The number of rotatable bonds is 3. The lowest BCUT2D eigenvalue weighted by molar-refractivity contribution is 0.469. The lowest BCUT2D eigenvalue weighted by Crippen LogP contribution is -2.21. The van der Waals surface area contributed by atoms with Crippen LogP contribution in [0.2, 0.25) is 0 Å². The molecule has 0 unspecified atom stereocenters. The minimum Gasteiger partial charge on any atom is -0.507 e. The second-order valence-corrected chi connectivity index (χ2v) is 4.48. The molecule has 0 bridgehead atoms. The van der Waals surface area contributed by atoms with Crippen molar-refractivity contribution in [2.45, 2.75) is 0 Å². The molecule has 0 aliphatic carbocycles. The van der Waals surface area contributed by atoms with Crippen LogP contribution in [0.15, 0.2) is 46.4 Å². The van der Waals surface area contributed by atoms with Gasteiger partial charge in [-0.25, -0.2) is 9.98 Å². The highest BCUT2D eigenvalue weighted by atomic mass is 16.3. The number of aromatic hydroxyl groups is 2. The van der Waals surface area contributed by atoms with Crippen molar-refractivity contribution < 1.29 is 10.2 Å². The maximum atomic E-state index is 10.0. The lowest BCUT2D eigenvalue weighted by atomic mass is 10.0. The van der Waals surface area contributed by atoms with Crippen molar-refractivity contribution in [2.24, 2.45) is 32.9 Å². The highest BCUT2D eigenvalue weighted by molar-refractivity contribution is 5.84. The summed E-state index contributed by atoms with van der Waals surface area (Å²) < 4.78 is 0. The van der Waals surface area contributed by atoms with E-state index in [1.807, 2.05) is 0 Å². The monoisotopic (exact) mass is 300 g/mol. The molecule has 0 saturated heterocycles. The van der Waals surface area contributed by atoms with Gasteiger partial charge in [0.25, 0.3) is 0 Å². The van der Waals surface area contributed by atoms with Crippen molar-refractivity contribution in [1.29, 1.82) is 0 Å². The fourth-order valence-electron chi connectivity index (χ4n) is 1.92. The first-order valence-corrected chi connectivity index (χ1v) is 6.22. The molecule has 22 heavy (non-hydrogen) atoms. The molecular weight excluding hydrogens is 284 g/mol. The van der Waals surface area contributed by atoms with Crippen molar-refractivity contribution in [2.75, 3.05) is 0 Å². The molecule has 0 saturated carbocycles. The number of hydrogen-bond acceptors (Lipinski definition) is 4. The van der Waals surface area contributed by atoms with Gasteiger partial charge >= 0.3 is 0 Å². The molecule has 8 nitrogen and oxygen atoms in total. The van der Waals surface area contributed by atoms with E-state index in [0.29, 0.717) is 22.5 Å². The molecule has 114 valence electrons. The van der Waals surface area contributed by atoms with Crippen LogP contribution >= 0.6 is 0 Å². The number of hydrogen-bond donors (Lipinski definition) is 6. The van der Waals surface area contributed by atoms with Crippen molar-refractivity contribution in [1.82, 2.24) is 0 Å². The van der Waals surface area contributed by atoms with Crippen molar-refractivity contribution in [3.63, 3.8) is 0 Å². The molecule has 0 aromatic heterocycles. The third-order valence-corrected chi connectivity index (χ3v) is 2.77. The van der Waals surface area contributed by atoms with Gasteiger partial charge in [-0.15, -0.1) is 0 Å². The number of nitrogens with two attached hydrogens (primary N) is 4. The van der Waals surface area contributed by atoms with E-state index in [4.69, 9.17) is 22.9 Å². The normalized spacial score (nSPS) is 10.0. The molecule has 0 aliphatic heterocycles. The van der Waals surface area contributed by atoms with Crippen LogP contribution in [0.3, 0.4) is 0 Å². The van der Waals surface area contributed by atoms with Crippen LogP contribution in [-0.4, -0.2) is 22.1 Å². The Morgan fingerprint density at radius 2 is 1.05 bits per heavy atom. The molecule has 8 heteroatoms. The smallest absolute Gasteiger partial charge is 0.191 e. The summed E-state index contributed by atoms with van der Waals surface area (Å²) in [6.07, 6.45) is 0. The number of nitrogens with zero attached hydrogens (tertiary/aromatic N) is 2. The Kier molecular flexibility index (Phi) is 4.03. The largest absolute Gasteiger partial charge is 0.507 e. The number of aliphatic imine (C=N–C) groups is 2. The van der Waals surface area contributed by atoms with Gasteiger partial charge in [-0.3, -0.25) is 0 Å². The Morgan fingerprint density at radius 3 is 1.36 bits per heavy atom. The Labute approximate surface area is 126 Å². The van der Waals surface area contributed by atoms with Crippen LogP contribution in [0.25, 0.3) is 11.1 Å². The maximum Gasteiger partial charge on any atom is 0.191 e. The van der Waals surface area contributed by atoms with Crippen LogP contribution in [-0.2, 0) is 0 Å². The van der Waals surface area contributed by atoms with Gasteiger partial charge in [0.1, 0.15) is 11.5 Å². The quantitative estimate of drug-likeness (QED) is 0.357. The molecular formula is C14H16N6O2.